The number of hydrogen-bond acceptors (Lipinski definition) is 7. The van der Waals surface area contributed by atoms with Crippen LogP contribution in [0.1, 0.15) is 43.0 Å². The van der Waals surface area contributed by atoms with Gasteiger partial charge in [0.25, 0.3) is 0 Å². The fraction of sp³-hybridized carbons (Fsp3) is 0.588. The van der Waals surface area contributed by atoms with Crippen LogP contribution in [0.2, 0.25) is 0 Å². The number of rotatable bonds is 7. The van der Waals surface area contributed by atoms with Crippen LogP contribution in [0.15, 0.2) is 18.2 Å². The number of ether oxygens (including phenoxy) is 3. The number of fused-ring (bicyclic) bond motifs is 2. The zero-order valence-electron chi connectivity index (χ0n) is 14.3. The molecule has 3 atom stereocenters. The van der Waals surface area contributed by atoms with Crippen molar-refractivity contribution in [2.24, 2.45) is 0 Å². The first-order valence-corrected chi connectivity index (χ1v) is 10.0. The van der Waals surface area contributed by atoms with Crippen LogP contribution in [-0.2, 0) is 19.6 Å². The van der Waals surface area contributed by atoms with E-state index in [0.29, 0.717) is 12.8 Å². The van der Waals surface area contributed by atoms with Gasteiger partial charge in [-0.2, -0.15) is 0 Å². The van der Waals surface area contributed by atoms with E-state index in [1.807, 2.05) is 6.92 Å². The first-order valence-electron chi connectivity index (χ1n) is 8.47. The summed E-state index contributed by atoms with van der Waals surface area (Å²) in [5, 5.41) is 0. The van der Waals surface area contributed by atoms with Gasteiger partial charge < -0.3 is 18.8 Å². The van der Waals surface area contributed by atoms with E-state index in [9.17, 15) is 22.2 Å². The summed E-state index contributed by atoms with van der Waals surface area (Å²) in [6.45, 7) is 1.39. The summed E-state index contributed by atoms with van der Waals surface area (Å²) in [5.41, 5.74) is -0.608. The molecule has 0 aliphatic carbocycles. The molecule has 0 spiro atoms. The average molecular weight is 387 g/mol. The maximum Gasteiger partial charge on any atom is 0.338 e. The van der Waals surface area contributed by atoms with Gasteiger partial charge in [-0.25, -0.2) is 17.6 Å². The fourth-order valence-electron chi connectivity index (χ4n) is 3.56. The summed E-state index contributed by atoms with van der Waals surface area (Å²) >= 11 is 0. The highest BCUT2D eigenvalue weighted by molar-refractivity contribution is 7.85. The lowest BCUT2D eigenvalue weighted by Gasteiger charge is -2.35. The van der Waals surface area contributed by atoms with E-state index in [1.54, 1.807) is 0 Å². The molecule has 0 N–H and O–H groups in total. The first kappa shape index (κ1) is 19.1. The Morgan fingerprint density at radius 3 is 2.77 bits per heavy atom. The summed E-state index contributed by atoms with van der Waals surface area (Å²) in [4.78, 5) is 12.0. The van der Waals surface area contributed by atoms with Crippen LogP contribution >= 0.6 is 0 Å². The van der Waals surface area contributed by atoms with E-state index in [-0.39, 0.29) is 23.5 Å². The minimum atomic E-state index is -4.47. The van der Waals surface area contributed by atoms with E-state index >= 15 is 0 Å². The first-order chi connectivity index (χ1) is 12.2. The van der Waals surface area contributed by atoms with Crippen molar-refractivity contribution < 1.29 is 36.4 Å². The van der Waals surface area contributed by atoms with Gasteiger partial charge in [-0.3, -0.25) is 0 Å². The molecule has 0 amide bonds. The van der Waals surface area contributed by atoms with Crippen LogP contribution in [0.3, 0.4) is 0 Å². The molecule has 2 fully saturated rings. The smallest absolute Gasteiger partial charge is 0.338 e. The van der Waals surface area contributed by atoms with Gasteiger partial charge in [-0.1, -0.05) is 6.92 Å². The fourth-order valence-corrected chi connectivity index (χ4v) is 3.85. The summed E-state index contributed by atoms with van der Waals surface area (Å²) < 4.78 is 62.4. The SMILES string of the molecule is CCC1(Oc2cc(C(=O)OCCS(=O)(=O)[O-])ccc2F)CC2CCC1O2. The Labute approximate surface area is 151 Å². The maximum atomic E-state index is 14.2. The zero-order valence-corrected chi connectivity index (χ0v) is 15.1. The van der Waals surface area contributed by atoms with Crippen LogP contribution in [0.25, 0.3) is 0 Å². The van der Waals surface area contributed by atoms with Crippen LogP contribution in [0.4, 0.5) is 4.39 Å². The Hall–Kier alpha value is -1.71. The van der Waals surface area contributed by atoms with Crippen molar-refractivity contribution in [1.29, 1.82) is 0 Å². The van der Waals surface area contributed by atoms with Crippen LogP contribution in [-0.4, -0.2) is 49.1 Å². The Bertz CT molecular complexity index is 794. The molecule has 0 radical (unpaired) electrons. The van der Waals surface area contributed by atoms with E-state index in [4.69, 9.17) is 14.2 Å². The van der Waals surface area contributed by atoms with Gasteiger partial charge in [0.2, 0.25) is 0 Å². The number of carbonyl (C=O) groups is 1. The van der Waals surface area contributed by atoms with Gasteiger partial charge in [0.15, 0.2) is 11.6 Å². The molecule has 144 valence electrons. The van der Waals surface area contributed by atoms with E-state index in [2.05, 4.69) is 0 Å². The second kappa shape index (κ2) is 7.13. The number of esters is 1. The molecule has 26 heavy (non-hydrogen) atoms. The minimum absolute atomic E-state index is 0.0139. The van der Waals surface area contributed by atoms with Gasteiger partial charge >= 0.3 is 5.97 Å². The van der Waals surface area contributed by atoms with Crippen molar-refractivity contribution in [3.8, 4) is 5.75 Å². The van der Waals surface area contributed by atoms with Crippen molar-refractivity contribution in [2.75, 3.05) is 12.4 Å². The number of benzene rings is 1. The van der Waals surface area contributed by atoms with Crippen LogP contribution in [0.5, 0.6) is 5.75 Å². The van der Waals surface area contributed by atoms with Crippen molar-refractivity contribution in [2.45, 2.75) is 50.4 Å². The third-order valence-electron chi connectivity index (χ3n) is 4.91. The molecule has 3 rings (SSSR count). The highest BCUT2D eigenvalue weighted by Crippen LogP contribution is 2.46. The highest BCUT2D eigenvalue weighted by Gasteiger charge is 2.53. The Morgan fingerprint density at radius 2 is 2.19 bits per heavy atom. The molecule has 1 aromatic carbocycles. The lowest BCUT2D eigenvalue weighted by Crippen LogP contribution is -2.45. The molecule has 2 heterocycles. The van der Waals surface area contributed by atoms with Crippen LogP contribution in [0, 0.1) is 5.82 Å². The topological polar surface area (TPSA) is 102 Å². The summed E-state index contributed by atoms with van der Waals surface area (Å²) in [6, 6.07) is 3.53. The third kappa shape index (κ3) is 3.99. The molecular formula is C17H20FO7S-. The molecule has 2 saturated heterocycles. The molecule has 2 aliphatic heterocycles. The monoisotopic (exact) mass is 387 g/mol. The van der Waals surface area contributed by atoms with E-state index in [1.165, 1.54) is 12.1 Å². The van der Waals surface area contributed by atoms with Crippen molar-refractivity contribution in [3.63, 3.8) is 0 Å². The molecule has 7 nitrogen and oxygen atoms in total. The third-order valence-corrected chi connectivity index (χ3v) is 5.58. The summed E-state index contributed by atoms with van der Waals surface area (Å²) in [6.07, 6.45) is 3.14. The standard InChI is InChI=1S/C17H21FO7S/c1-2-17(10-12-4-6-15(17)24-12)25-14-9-11(3-5-13(14)18)16(19)23-7-8-26(20,21)22/h3,5,9,12,15H,2,4,6-8,10H2,1H3,(H,20,21,22)/p-1. The quantitative estimate of drug-likeness (QED) is 0.521. The highest BCUT2D eigenvalue weighted by atomic mass is 32.2. The Kier molecular flexibility index (Phi) is 5.23. The zero-order chi connectivity index (χ0) is 18.9. The number of hydrogen-bond donors (Lipinski definition) is 0. The largest absolute Gasteiger partial charge is 0.748 e. The Morgan fingerprint density at radius 1 is 1.42 bits per heavy atom. The predicted molar refractivity (Wildman–Crippen MR) is 87.4 cm³/mol. The number of carbonyl (C=O) groups excluding carboxylic acids is 1. The van der Waals surface area contributed by atoms with Crippen molar-refractivity contribution in [3.05, 3.63) is 29.6 Å². The number of halogens is 1. The van der Waals surface area contributed by atoms with Gasteiger partial charge in [0.1, 0.15) is 12.2 Å². The summed E-state index contributed by atoms with van der Waals surface area (Å²) in [5.74, 6) is -2.36. The van der Waals surface area contributed by atoms with E-state index < -0.39 is 39.9 Å². The van der Waals surface area contributed by atoms with Gasteiger partial charge in [0, 0.05) is 6.42 Å². The lowest BCUT2D eigenvalue weighted by molar-refractivity contribution is -0.0136. The van der Waals surface area contributed by atoms with Crippen molar-refractivity contribution in [1.82, 2.24) is 0 Å². The second-order valence-corrected chi connectivity index (χ2v) is 8.12. The molecule has 1 aromatic rings. The molecular weight excluding hydrogens is 367 g/mol. The minimum Gasteiger partial charge on any atom is -0.748 e. The normalized spacial score (nSPS) is 27.5. The van der Waals surface area contributed by atoms with Crippen molar-refractivity contribution >= 4 is 16.1 Å². The van der Waals surface area contributed by atoms with E-state index in [0.717, 1.165) is 18.9 Å². The van der Waals surface area contributed by atoms with Gasteiger partial charge in [0.05, 0.1) is 33.6 Å². The molecule has 9 heteroatoms. The van der Waals surface area contributed by atoms with Gasteiger partial charge in [-0.05, 0) is 37.5 Å². The average Bonchev–Trinajstić information content (AvgIpc) is 3.17. The molecule has 0 saturated carbocycles. The molecule has 2 bridgehead atoms. The second-order valence-electron chi connectivity index (χ2n) is 6.59. The van der Waals surface area contributed by atoms with Crippen LogP contribution < -0.4 is 4.74 Å². The molecule has 0 aromatic heterocycles. The van der Waals surface area contributed by atoms with Gasteiger partial charge in [-0.15, -0.1) is 0 Å². The molecule has 2 aliphatic rings. The maximum absolute atomic E-state index is 14.2. The molecule has 3 unspecified atom stereocenters. The predicted octanol–water partition coefficient (Wildman–Crippen LogP) is 2.01. The summed E-state index contributed by atoms with van der Waals surface area (Å²) in [7, 11) is -4.47. The lowest BCUT2D eigenvalue weighted by atomic mass is 9.82. The Balaban J connectivity index is 1.72.